The van der Waals surface area contributed by atoms with E-state index in [0.29, 0.717) is 16.9 Å². The molecule has 2 aromatic rings. The molecule has 0 bridgehead atoms. The number of rotatable bonds is 6. The molecule has 1 N–H and O–H groups in total. The SMILES string of the molecule is COc1ccc(C(C)NC(=O)c2cccc(CS(C)=O)c2)cc1F. The maximum Gasteiger partial charge on any atom is 0.251 e. The molecule has 0 heterocycles. The van der Waals surface area contributed by atoms with Gasteiger partial charge in [0.2, 0.25) is 0 Å². The van der Waals surface area contributed by atoms with Gasteiger partial charge in [0, 0.05) is 28.4 Å². The Hall–Kier alpha value is -2.21. The zero-order chi connectivity index (χ0) is 17.7. The van der Waals surface area contributed by atoms with Gasteiger partial charge in [-0.3, -0.25) is 9.00 Å². The summed E-state index contributed by atoms with van der Waals surface area (Å²) in [4.78, 5) is 12.4. The molecule has 0 saturated carbocycles. The van der Waals surface area contributed by atoms with Crippen molar-refractivity contribution in [2.45, 2.75) is 18.7 Å². The molecule has 6 heteroatoms. The predicted molar refractivity (Wildman–Crippen MR) is 93.0 cm³/mol. The van der Waals surface area contributed by atoms with Gasteiger partial charge < -0.3 is 10.1 Å². The lowest BCUT2D eigenvalue weighted by Gasteiger charge is -2.15. The van der Waals surface area contributed by atoms with Gasteiger partial charge in [0.15, 0.2) is 11.6 Å². The van der Waals surface area contributed by atoms with E-state index in [1.807, 2.05) is 6.07 Å². The van der Waals surface area contributed by atoms with E-state index in [4.69, 9.17) is 4.74 Å². The molecule has 4 nitrogen and oxygen atoms in total. The number of methoxy groups -OCH3 is 1. The summed E-state index contributed by atoms with van der Waals surface area (Å²) in [7, 11) is 0.433. The first-order valence-electron chi connectivity index (χ1n) is 7.44. The van der Waals surface area contributed by atoms with Crippen LogP contribution < -0.4 is 10.1 Å². The number of amides is 1. The van der Waals surface area contributed by atoms with Crippen molar-refractivity contribution < 1.29 is 18.1 Å². The number of benzene rings is 2. The molecule has 0 fully saturated rings. The maximum atomic E-state index is 13.8. The van der Waals surface area contributed by atoms with Gasteiger partial charge in [0.25, 0.3) is 5.91 Å². The second kappa shape index (κ2) is 8.06. The van der Waals surface area contributed by atoms with Crippen LogP contribution in [0.5, 0.6) is 5.75 Å². The van der Waals surface area contributed by atoms with Crippen molar-refractivity contribution in [2.75, 3.05) is 13.4 Å². The van der Waals surface area contributed by atoms with Crippen molar-refractivity contribution in [1.29, 1.82) is 0 Å². The van der Waals surface area contributed by atoms with Crippen molar-refractivity contribution in [3.63, 3.8) is 0 Å². The van der Waals surface area contributed by atoms with Gasteiger partial charge in [-0.25, -0.2) is 4.39 Å². The quantitative estimate of drug-likeness (QED) is 0.871. The molecule has 0 radical (unpaired) electrons. The lowest BCUT2D eigenvalue weighted by Crippen LogP contribution is -2.26. The number of nitrogens with one attached hydrogen (secondary N) is 1. The number of carbonyl (C=O) groups is 1. The summed E-state index contributed by atoms with van der Waals surface area (Å²) in [6.45, 7) is 1.78. The first-order chi connectivity index (χ1) is 11.4. The van der Waals surface area contributed by atoms with Crippen LogP contribution in [0.15, 0.2) is 42.5 Å². The third-order valence-corrected chi connectivity index (χ3v) is 4.32. The molecule has 0 aliphatic carbocycles. The third kappa shape index (κ3) is 4.64. The fourth-order valence-corrected chi connectivity index (χ4v) is 3.00. The number of carbonyl (C=O) groups excluding carboxylic acids is 1. The molecule has 2 rings (SSSR count). The Labute approximate surface area is 143 Å². The summed E-state index contributed by atoms with van der Waals surface area (Å²) in [5.74, 6) is -0.163. The largest absolute Gasteiger partial charge is 0.494 e. The van der Waals surface area contributed by atoms with Crippen LogP contribution in [0.25, 0.3) is 0 Å². The summed E-state index contributed by atoms with van der Waals surface area (Å²) in [5.41, 5.74) is 1.97. The van der Waals surface area contributed by atoms with E-state index in [1.165, 1.54) is 19.2 Å². The Bertz CT molecular complexity index is 764. The van der Waals surface area contributed by atoms with Crippen molar-refractivity contribution >= 4 is 16.7 Å². The van der Waals surface area contributed by atoms with Crippen LogP contribution in [0.4, 0.5) is 4.39 Å². The molecular formula is C18H20FNO3S. The van der Waals surface area contributed by atoms with Crippen molar-refractivity contribution in [3.8, 4) is 5.75 Å². The van der Waals surface area contributed by atoms with Gasteiger partial charge >= 0.3 is 0 Å². The monoisotopic (exact) mass is 349 g/mol. The Kier molecular flexibility index (Phi) is 6.09. The molecule has 2 unspecified atom stereocenters. The molecule has 2 atom stereocenters. The van der Waals surface area contributed by atoms with Crippen LogP contribution >= 0.6 is 0 Å². The minimum absolute atomic E-state index is 0.164. The highest BCUT2D eigenvalue weighted by Gasteiger charge is 2.14. The van der Waals surface area contributed by atoms with E-state index >= 15 is 0 Å². The van der Waals surface area contributed by atoms with E-state index in [-0.39, 0.29) is 17.7 Å². The number of ether oxygens (including phenoxy) is 1. The van der Waals surface area contributed by atoms with Crippen LogP contribution in [0.2, 0.25) is 0 Å². The summed E-state index contributed by atoms with van der Waals surface area (Å²) >= 11 is 0. The Morgan fingerprint density at radius 1 is 1.29 bits per heavy atom. The van der Waals surface area contributed by atoms with Crippen molar-refractivity contribution in [3.05, 3.63) is 65.0 Å². The molecule has 0 spiro atoms. The van der Waals surface area contributed by atoms with Crippen LogP contribution in [0, 0.1) is 5.82 Å². The molecule has 2 aromatic carbocycles. The lowest BCUT2D eigenvalue weighted by molar-refractivity contribution is 0.0939. The normalized spacial score (nSPS) is 13.2. The van der Waals surface area contributed by atoms with Crippen LogP contribution in [-0.2, 0) is 16.6 Å². The summed E-state index contributed by atoms with van der Waals surface area (Å²) in [5, 5.41) is 2.84. The molecule has 0 saturated heterocycles. The smallest absolute Gasteiger partial charge is 0.251 e. The minimum atomic E-state index is -0.970. The number of hydrogen-bond donors (Lipinski definition) is 1. The Balaban J connectivity index is 2.11. The van der Waals surface area contributed by atoms with E-state index in [0.717, 1.165) is 5.56 Å². The van der Waals surface area contributed by atoms with Gasteiger partial charge in [-0.2, -0.15) is 0 Å². The molecule has 24 heavy (non-hydrogen) atoms. The molecular weight excluding hydrogens is 329 g/mol. The average Bonchev–Trinajstić information content (AvgIpc) is 2.54. The van der Waals surface area contributed by atoms with Crippen molar-refractivity contribution in [1.82, 2.24) is 5.32 Å². The van der Waals surface area contributed by atoms with Crippen LogP contribution in [-0.4, -0.2) is 23.5 Å². The van der Waals surface area contributed by atoms with Gasteiger partial charge in [0.1, 0.15) is 0 Å². The Morgan fingerprint density at radius 3 is 2.67 bits per heavy atom. The van der Waals surface area contributed by atoms with E-state index < -0.39 is 16.6 Å². The zero-order valence-corrected chi connectivity index (χ0v) is 14.7. The highest BCUT2D eigenvalue weighted by atomic mass is 32.2. The summed E-state index contributed by atoms with van der Waals surface area (Å²) in [6.07, 6.45) is 1.62. The predicted octanol–water partition coefficient (Wildman–Crippen LogP) is 3.20. The van der Waals surface area contributed by atoms with E-state index in [2.05, 4.69) is 5.32 Å². The second-order valence-corrected chi connectivity index (χ2v) is 6.94. The first kappa shape index (κ1) is 18.1. The minimum Gasteiger partial charge on any atom is -0.494 e. The zero-order valence-electron chi connectivity index (χ0n) is 13.8. The van der Waals surface area contributed by atoms with Crippen LogP contribution in [0.3, 0.4) is 0 Å². The molecule has 0 aliphatic heterocycles. The highest BCUT2D eigenvalue weighted by molar-refractivity contribution is 7.83. The fourth-order valence-electron chi connectivity index (χ4n) is 2.35. The van der Waals surface area contributed by atoms with Gasteiger partial charge in [-0.05, 0) is 42.3 Å². The van der Waals surface area contributed by atoms with Crippen LogP contribution in [0.1, 0.15) is 34.5 Å². The maximum absolute atomic E-state index is 13.8. The standard InChI is InChI=1S/C18H20FNO3S/c1-12(14-7-8-17(23-2)16(19)10-14)20-18(21)15-6-4-5-13(9-15)11-24(3)22/h4-10,12H,11H2,1-3H3,(H,20,21). The number of hydrogen-bond acceptors (Lipinski definition) is 3. The van der Waals surface area contributed by atoms with Gasteiger partial charge in [-0.15, -0.1) is 0 Å². The topological polar surface area (TPSA) is 55.4 Å². The van der Waals surface area contributed by atoms with Gasteiger partial charge in [0.05, 0.1) is 13.2 Å². The molecule has 0 aromatic heterocycles. The molecule has 1 amide bonds. The highest BCUT2D eigenvalue weighted by Crippen LogP contribution is 2.22. The second-order valence-electron chi connectivity index (χ2n) is 5.51. The Morgan fingerprint density at radius 2 is 2.04 bits per heavy atom. The molecule has 0 aliphatic rings. The summed E-state index contributed by atoms with van der Waals surface area (Å²) < 4.78 is 30.0. The first-order valence-corrected chi connectivity index (χ1v) is 9.16. The molecule has 128 valence electrons. The van der Waals surface area contributed by atoms with Gasteiger partial charge in [-0.1, -0.05) is 18.2 Å². The number of halogens is 1. The average molecular weight is 349 g/mol. The van der Waals surface area contributed by atoms with E-state index in [9.17, 15) is 13.4 Å². The van der Waals surface area contributed by atoms with Crippen molar-refractivity contribution in [2.24, 2.45) is 0 Å². The lowest BCUT2D eigenvalue weighted by atomic mass is 10.1. The third-order valence-electron chi connectivity index (χ3n) is 3.58. The fraction of sp³-hybridized carbons (Fsp3) is 0.278. The summed E-state index contributed by atoms with van der Waals surface area (Å²) in [6, 6.07) is 11.2. The van der Waals surface area contributed by atoms with E-state index in [1.54, 1.807) is 37.4 Å².